The first kappa shape index (κ1) is 16.9. The van der Waals surface area contributed by atoms with Crippen LogP contribution in [0.4, 0.5) is 13.2 Å². The van der Waals surface area contributed by atoms with Crippen molar-refractivity contribution in [3.05, 3.63) is 63.9 Å². The molecule has 0 bridgehead atoms. The molecule has 3 rings (SSSR count). The molecule has 130 valence electrons. The van der Waals surface area contributed by atoms with Gasteiger partial charge in [0.15, 0.2) is 0 Å². The second-order valence-electron chi connectivity index (χ2n) is 5.53. The number of hydrogen-bond acceptors (Lipinski definition) is 5. The van der Waals surface area contributed by atoms with Crippen LogP contribution in [0.2, 0.25) is 0 Å². The van der Waals surface area contributed by atoms with Gasteiger partial charge in [0, 0.05) is 11.6 Å². The van der Waals surface area contributed by atoms with Crippen molar-refractivity contribution in [1.82, 2.24) is 19.9 Å². The number of aryl methyl sites for hydroxylation is 1. The number of benzene rings is 1. The van der Waals surface area contributed by atoms with E-state index in [4.69, 9.17) is 0 Å². The molecule has 0 aliphatic heterocycles. The van der Waals surface area contributed by atoms with Crippen LogP contribution in [0.15, 0.2) is 45.8 Å². The Bertz CT molecular complexity index is 945. The van der Waals surface area contributed by atoms with Gasteiger partial charge in [-0.25, -0.2) is 4.68 Å². The summed E-state index contributed by atoms with van der Waals surface area (Å²) < 4.78 is 43.1. The van der Waals surface area contributed by atoms with Crippen LogP contribution in [0.1, 0.15) is 30.0 Å². The highest BCUT2D eigenvalue weighted by Gasteiger charge is 2.38. The van der Waals surface area contributed by atoms with E-state index in [2.05, 4.69) is 19.8 Å². The van der Waals surface area contributed by atoms with Crippen molar-refractivity contribution in [3.63, 3.8) is 0 Å². The Kier molecular flexibility index (Phi) is 4.15. The molecule has 25 heavy (non-hydrogen) atoms. The minimum absolute atomic E-state index is 0.155. The Morgan fingerprint density at radius 3 is 2.44 bits per heavy atom. The molecule has 3 aromatic rings. The summed E-state index contributed by atoms with van der Waals surface area (Å²) in [5.74, 6) is -1.55. The van der Waals surface area contributed by atoms with E-state index in [-0.39, 0.29) is 17.4 Å². The number of alkyl halides is 3. The highest BCUT2D eigenvalue weighted by molar-refractivity contribution is 5.54. The van der Waals surface area contributed by atoms with E-state index in [9.17, 15) is 18.0 Å². The van der Waals surface area contributed by atoms with Crippen LogP contribution in [0.3, 0.4) is 0 Å². The van der Waals surface area contributed by atoms with E-state index in [1.54, 1.807) is 44.3 Å². The van der Waals surface area contributed by atoms with E-state index in [0.717, 1.165) is 11.1 Å². The SMILES string of the molecule is Cc1cnn(C(C)c2ccc(-c3noc(C(F)(F)F)n3)cc2)c(=O)c1. The molecule has 1 atom stereocenters. The molecule has 0 amide bonds. The normalized spacial score (nSPS) is 13.0. The van der Waals surface area contributed by atoms with E-state index < -0.39 is 12.1 Å². The average molecular weight is 350 g/mol. The molecule has 0 radical (unpaired) electrons. The highest BCUT2D eigenvalue weighted by atomic mass is 19.4. The zero-order valence-corrected chi connectivity index (χ0v) is 13.3. The monoisotopic (exact) mass is 350 g/mol. The molecule has 0 spiro atoms. The standard InChI is InChI=1S/C16H13F3N4O2/c1-9-7-13(24)23(20-8-9)10(2)11-3-5-12(6-4-11)14-21-15(25-22-14)16(17,18)19/h3-8,10H,1-2H3. The lowest BCUT2D eigenvalue weighted by Gasteiger charge is -2.14. The van der Waals surface area contributed by atoms with Gasteiger partial charge in [0.05, 0.1) is 12.2 Å². The Hall–Kier alpha value is -2.97. The van der Waals surface area contributed by atoms with Gasteiger partial charge in [-0.1, -0.05) is 29.4 Å². The molecular formula is C16H13F3N4O2. The van der Waals surface area contributed by atoms with E-state index in [1.165, 1.54) is 10.7 Å². The van der Waals surface area contributed by atoms with Gasteiger partial charge in [0.2, 0.25) is 5.82 Å². The van der Waals surface area contributed by atoms with Gasteiger partial charge in [0.25, 0.3) is 5.56 Å². The van der Waals surface area contributed by atoms with E-state index in [0.29, 0.717) is 5.56 Å². The van der Waals surface area contributed by atoms with Crippen LogP contribution < -0.4 is 5.56 Å². The second-order valence-corrected chi connectivity index (χ2v) is 5.53. The predicted molar refractivity (Wildman–Crippen MR) is 81.8 cm³/mol. The molecule has 6 nitrogen and oxygen atoms in total. The summed E-state index contributed by atoms with van der Waals surface area (Å²) in [7, 11) is 0. The third kappa shape index (κ3) is 3.44. The molecule has 0 N–H and O–H groups in total. The Labute approximate surface area is 139 Å². The van der Waals surface area contributed by atoms with Crippen molar-refractivity contribution in [2.24, 2.45) is 0 Å². The van der Waals surface area contributed by atoms with Gasteiger partial charge in [0.1, 0.15) is 0 Å². The number of halogens is 3. The Balaban J connectivity index is 1.87. The maximum absolute atomic E-state index is 12.5. The van der Waals surface area contributed by atoms with Crippen LogP contribution >= 0.6 is 0 Å². The van der Waals surface area contributed by atoms with Crippen molar-refractivity contribution in [2.45, 2.75) is 26.1 Å². The summed E-state index contributed by atoms with van der Waals surface area (Å²) in [6.45, 7) is 3.58. The largest absolute Gasteiger partial charge is 0.471 e. The quantitative estimate of drug-likeness (QED) is 0.725. The first-order chi connectivity index (χ1) is 11.8. The molecule has 0 aliphatic carbocycles. The zero-order valence-electron chi connectivity index (χ0n) is 13.3. The number of aromatic nitrogens is 4. The maximum atomic E-state index is 12.5. The fourth-order valence-corrected chi connectivity index (χ4v) is 2.31. The summed E-state index contributed by atoms with van der Waals surface area (Å²) in [6.07, 6.45) is -3.10. The number of hydrogen-bond donors (Lipinski definition) is 0. The van der Waals surface area contributed by atoms with E-state index in [1.807, 2.05) is 0 Å². The lowest BCUT2D eigenvalue weighted by molar-refractivity contribution is -0.159. The average Bonchev–Trinajstić information content (AvgIpc) is 3.05. The van der Waals surface area contributed by atoms with Crippen LogP contribution in [-0.2, 0) is 6.18 Å². The van der Waals surface area contributed by atoms with Gasteiger partial charge in [-0.2, -0.15) is 23.3 Å². The first-order valence-corrected chi connectivity index (χ1v) is 7.32. The molecule has 0 saturated carbocycles. The highest BCUT2D eigenvalue weighted by Crippen LogP contribution is 2.29. The van der Waals surface area contributed by atoms with Crippen molar-refractivity contribution in [3.8, 4) is 11.4 Å². The van der Waals surface area contributed by atoms with Gasteiger partial charge >= 0.3 is 12.1 Å². The molecule has 0 fully saturated rings. The predicted octanol–water partition coefficient (Wildman–Crippen LogP) is 3.23. The smallest absolute Gasteiger partial charge is 0.329 e. The minimum atomic E-state index is -4.68. The maximum Gasteiger partial charge on any atom is 0.471 e. The van der Waals surface area contributed by atoms with Crippen LogP contribution in [0.25, 0.3) is 11.4 Å². The summed E-state index contributed by atoms with van der Waals surface area (Å²) in [6, 6.07) is 7.63. The molecule has 2 heterocycles. The van der Waals surface area contributed by atoms with Crippen LogP contribution in [0, 0.1) is 6.92 Å². The van der Waals surface area contributed by atoms with E-state index >= 15 is 0 Å². The summed E-state index contributed by atoms with van der Waals surface area (Å²) in [5.41, 5.74) is 1.67. The second kappa shape index (κ2) is 6.15. The number of rotatable bonds is 3. The zero-order chi connectivity index (χ0) is 18.2. The Morgan fingerprint density at radius 1 is 1.20 bits per heavy atom. The van der Waals surface area contributed by atoms with Gasteiger partial charge in [-0.15, -0.1) is 0 Å². The minimum Gasteiger partial charge on any atom is -0.329 e. The molecular weight excluding hydrogens is 337 g/mol. The van der Waals surface area contributed by atoms with Gasteiger partial charge in [-0.05, 0) is 25.0 Å². The first-order valence-electron chi connectivity index (χ1n) is 7.32. The number of nitrogens with zero attached hydrogens (tertiary/aromatic N) is 4. The summed E-state index contributed by atoms with van der Waals surface area (Å²) in [5, 5.41) is 7.44. The lowest BCUT2D eigenvalue weighted by Crippen LogP contribution is -2.25. The molecule has 1 unspecified atom stereocenters. The molecule has 0 saturated heterocycles. The fraction of sp³-hybridized carbons (Fsp3) is 0.250. The molecule has 9 heteroatoms. The molecule has 0 aliphatic rings. The molecule has 1 aromatic carbocycles. The van der Waals surface area contributed by atoms with Crippen molar-refractivity contribution in [1.29, 1.82) is 0 Å². The lowest BCUT2D eigenvalue weighted by atomic mass is 10.1. The van der Waals surface area contributed by atoms with Crippen LogP contribution in [-0.4, -0.2) is 19.9 Å². The topological polar surface area (TPSA) is 73.8 Å². The third-order valence-corrected chi connectivity index (χ3v) is 3.65. The third-order valence-electron chi connectivity index (χ3n) is 3.65. The van der Waals surface area contributed by atoms with Gasteiger partial charge in [-0.3, -0.25) is 4.79 Å². The summed E-state index contributed by atoms with van der Waals surface area (Å²) in [4.78, 5) is 15.3. The van der Waals surface area contributed by atoms with Crippen molar-refractivity contribution >= 4 is 0 Å². The Morgan fingerprint density at radius 2 is 1.88 bits per heavy atom. The van der Waals surface area contributed by atoms with Crippen molar-refractivity contribution < 1.29 is 17.7 Å². The fourth-order valence-electron chi connectivity index (χ4n) is 2.31. The van der Waals surface area contributed by atoms with Crippen LogP contribution in [0.5, 0.6) is 0 Å². The summed E-state index contributed by atoms with van der Waals surface area (Å²) >= 11 is 0. The van der Waals surface area contributed by atoms with Crippen molar-refractivity contribution in [2.75, 3.05) is 0 Å². The van der Waals surface area contributed by atoms with Gasteiger partial charge < -0.3 is 4.52 Å². The molecule has 2 aromatic heterocycles.